The number of nitrogens with two attached hydrogens (primary N) is 1. The Labute approximate surface area is 110 Å². The molecule has 1 amide bonds. The number of hydrogen-bond acceptors (Lipinski definition) is 6. The first-order chi connectivity index (χ1) is 9.06. The predicted octanol–water partition coefficient (Wildman–Crippen LogP) is 0.819. The van der Waals surface area contributed by atoms with Crippen LogP contribution < -0.4 is 21.9 Å². The number of nitrogen functional groups attached to an aromatic ring is 1. The summed E-state index contributed by atoms with van der Waals surface area (Å²) in [5.74, 6) is 5.06. The molecule has 19 heavy (non-hydrogen) atoms. The van der Waals surface area contributed by atoms with E-state index in [2.05, 4.69) is 16.1 Å². The molecule has 0 fully saturated rings. The fraction of sp³-hybridized carbons (Fsp3) is 0.364. The Morgan fingerprint density at radius 2 is 2.05 bits per heavy atom. The smallest absolute Gasteiger partial charge is 0.273 e. The molecule has 0 heterocycles. The van der Waals surface area contributed by atoms with Crippen molar-refractivity contribution in [2.75, 3.05) is 23.8 Å². The fourth-order valence-corrected chi connectivity index (χ4v) is 1.41. The van der Waals surface area contributed by atoms with Crippen LogP contribution in [0.2, 0.25) is 0 Å². The summed E-state index contributed by atoms with van der Waals surface area (Å²) in [6, 6.07) is 4.23. The molecular weight excluding hydrogens is 250 g/mol. The molecule has 0 aliphatic rings. The van der Waals surface area contributed by atoms with Gasteiger partial charge in [0, 0.05) is 24.4 Å². The first-order valence-electron chi connectivity index (χ1n) is 5.83. The van der Waals surface area contributed by atoms with Crippen LogP contribution in [0.4, 0.5) is 17.1 Å². The minimum absolute atomic E-state index is 0.0468. The van der Waals surface area contributed by atoms with Gasteiger partial charge in [-0.05, 0) is 12.5 Å². The van der Waals surface area contributed by atoms with Crippen molar-refractivity contribution in [1.29, 1.82) is 0 Å². The summed E-state index contributed by atoms with van der Waals surface area (Å²) in [5.41, 5.74) is 3.08. The van der Waals surface area contributed by atoms with Gasteiger partial charge in [0.05, 0.1) is 17.2 Å². The maximum absolute atomic E-state index is 11.4. The Morgan fingerprint density at radius 1 is 1.37 bits per heavy atom. The summed E-state index contributed by atoms with van der Waals surface area (Å²) in [6.45, 7) is 2.60. The highest BCUT2D eigenvalue weighted by molar-refractivity contribution is 5.81. The highest BCUT2D eigenvalue weighted by atomic mass is 16.6. The largest absolute Gasteiger partial charge is 0.376 e. The number of non-ortho nitro benzene ring substituents is 1. The SMILES string of the molecule is CCCNC(=O)CNc1cc(NN)cc([N+](=O)[O-])c1. The van der Waals surface area contributed by atoms with Gasteiger partial charge in [0.2, 0.25) is 5.91 Å². The zero-order valence-corrected chi connectivity index (χ0v) is 10.6. The van der Waals surface area contributed by atoms with E-state index in [4.69, 9.17) is 5.84 Å². The van der Waals surface area contributed by atoms with Gasteiger partial charge in [-0.25, -0.2) is 0 Å². The molecule has 0 radical (unpaired) electrons. The minimum Gasteiger partial charge on any atom is -0.376 e. The van der Waals surface area contributed by atoms with Gasteiger partial charge in [-0.15, -0.1) is 0 Å². The number of nitro benzene ring substituents is 1. The van der Waals surface area contributed by atoms with E-state index < -0.39 is 4.92 Å². The Balaban J connectivity index is 2.69. The quantitative estimate of drug-likeness (QED) is 0.329. The second-order valence-corrected chi connectivity index (χ2v) is 3.87. The van der Waals surface area contributed by atoms with Gasteiger partial charge in [-0.3, -0.25) is 20.8 Å². The lowest BCUT2D eigenvalue weighted by Gasteiger charge is -2.08. The van der Waals surface area contributed by atoms with E-state index in [0.717, 1.165) is 6.42 Å². The predicted molar refractivity (Wildman–Crippen MR) is 72.7 cm³/mol. The van der Waals surface area contributed by atoms with Crippen LogP contribution >= 0.6 is 0 Å². The molecule has 0 aliphatic heterocycles. The lowest BCUT2D eigenvalue weighted by Crippen LogP contribution is -2.30. The minimum atomic E-state index is -0.525. The lowest BCUT2D eigenvalue weighted by molar-refractivity contribution is -0.384. The van der Waals surface area contributed by atoms with E-state index in [0.29, 0.717) is 17.9 Å². The topological polar surface area (TPSA) is 122 Å². The number of anilines is 2. The normalized spacial score (nSPS) is 9.79. The number of carbonyl (C=O) groups is 1. The van der Waals surface area contributed by atoms with Gasteiger partial charge >= 0.3 is 0 Å². The van der Waals surface area contributed by atoms with Gasteiger partial charge < -0.3 is 16.1 Å². The lowest BCUT2D eigenvalue weighted by atomic mass is 10.2. The molecule has 0 atom stereocenters. The third-order valence-corrected chi connectivity index (χ3v) is 2.32. The molecule has 0 aliphatic carbocycles. The number of benzene rings is 1. The second kappa shape index (κ2) is 7.17. The van der Waals surface area contributed by atoms with Crippen LogP contribution in [0.3, 0.4) is 0 Å². The highest BCUT2D eigenvalue weighted by Gasteiger charge is 2.10. The van der Waals surface area contributed by atoms with Crippen LogP contribution in [-0.2, 0) is 4.79 Å². The van der Waals surface area contributed by atoms with Crippen LogP contribution in [0, 0.1) is 10.1 Å². The number of carbonyl (C=O) groups excluding carboxylic acids is 1. The number of nitrogens with one attached hydrogen (secondary N) is 3. The summed E-state index contributed by atoms with van der Waals surface area (Å²) in [6.07, 6.45) is 0.851. The number of nitrogens with zero attached hydrogens (tertiary/aromatic N) is 1. The van der Waals surface area contributed by atoms with Gasteiger partial charge in [-0.1, -0.05) is 6.92 Å². The van der Waals surface area contributed by atoms with E-state index in [-0.39, 0.29) is 18.1 Å². The third kappa shape index (κ3) is 4.80. The van der Waals surface area contributed by atoms with E-state index in [1.165, 1.54) is 12.1 Å². The molecule has 5 N–H and O–H groups in total. The maximum atomic E-state index is 11.4. The molecule has 1 aromatic carbocycles. The Hall–Kier alpha value is -2.35. The molecule has 0 bridgehead atoms. The van der Waals surface area contributed by atoms with Gasteiger partial charge in [0.15, 0.2) is 0 Å². The molecule has 1 rings (SSSR count). The second-order valence-electron chi connectivity index (χ2n) is 3.87. The number of hydrogen-bond donors (Lipinski definition) is 4. The van der Waals surface area contributed by atoms with Crippen LogP contribution in [0.5, 0.6) is 0 Å². The summed E-state index contributed by atoms with van der Waals surface area (Å²) in [4.78, 5) is 21.6. The van der Waals surface area contributed by atoms with Crippen molar-refractivity contribution in [3.8, 4) is 0 Å². The van der Waals surface area contributed by atoms with Crippen molar-refractivity contribution in [1.82, 2.24) is 5.32 Å². The van der Waals surface area contributed by atoms with Gasteiger partial charge in [0.25, 0.3) is 5.69 Å². The van der Waals surface area contributed by atoms with Crippen LogP contribution in [0.15, 0.2) is 18.2 Å². The summed E-state index contributed by atoms with van der Waals surface area (Å²) >= 11 is 0. The van der Waals surface area contributed by atoms with Crippen LogP contribution in [0.1, 0.15) is 13.3 Å². The Morgan fingerprint density at radius 3 is 2.63 bits per heavy atom. The van der Waals surface area contributed by atoms with Crippen molar-refractivity contribution in [3.63, 3.8) is 0 Å². The number of nitro groups is 1. The fourth-order valence-electron chi connectivity index (χ4n) is 1.41. The van der Waals surface area contributed by atoms with Gasteiger partial charge in [0.1, 0.15) is 0 Å². The summed E-state index contributed by atoms with van der Waals surface area (Å²) in [5, 5.41) is 16.2. The monoisotopic (exact) mass is 267 g/mol. The molecule has 0 saturated carbocycles. The van der Waals surface area contributed by atoms with Crippen LogP contribution in [0.25, 0.3) is 0 Å². The molecule has 1 aromatic rings. The molecule has 104 valence electrons. The number of hydrazine groups is 1. The maximum Gasteiger partial charge on any atom is 0.273 e. The van der Waals surface area contributed by atoms with E-state index in [1.54, 1.807) is 6.07 Å². The van der Waals surface area contributed by atoms with Crippen molar-refractivity contribution in [2.45, 2.75) is 13.3 Å². The standard InChI is InChI=1S/C11H17N5O3/c1-2-3-13-11(17)7-14-8-4-9(15-12)6-10(5-8)16(18)19/h4-6,14-15H,2-3,7,12H2,1H3,(H,13,17). The van der Waals surface area contributed by atoms with Crippen molar-refractivity contribution < 1.29 is 9.72 Å². The van der Waals surface area contributed by atoms with Crippen molar-refractivity contribution in [3.05, 3.63) is 28.3 Å². The summed E-state index contributed by atoms with van der Waals surface area (Å²) < 4.78 is 0. The van der Waals surface area contributed by atoms with E-state index in [9.17, 15) is 14.9 Å². The number of rotatable bonds is 7. The molecule has 0 spiro atoms. The van der Waals surface area contributed by atoms with Gasteiger partial charge in [-0.2, -0.15) is 0 Å². The molecule has 0 aromatic heterocycles. The average molecular weight is 267 g/mol. The first-order valence-corrected chi connectivity index (χ1v) is 5.83. The van der Waals surface area contributed by atoms with Crippen molar-refractivity contribution in [2.24, 2.45) is 5.84 Å². The Kier molecular flexibility index (Phi) is 5.55. The van der Waals surface area contributed by atoms with E-state index in [1.807, 2.05) is 6.92 Å². The van der Waals surface area contributed by atoms with Crippen molar-refractivity contribution >= 4 is 23.0 Å². The molecule has 8 nitrogen and oxygen atoms in total. The molecule has 0 saturated heterocycles. The molecular formula is C11H17N5O3. The summed E-state index contributed by atoms with van der Waals surface area (Å²) in [7, 11) is 0. The van der Waals surface area contributed by atoms with Crippen LogP contribution in [-0.4, -0.2) is 23.9 Å². The first kappa shape index (κ1) is 14.7. The zero-order chi connectivity index (χ0) is 14.3. The highest BCUT2D eigenvalue weighted by Crippen LogP contribution is 2.23. The zero-order valence-electron chi connectivity index (χ0n) is 10.6. The molecule has 0 unspecified atom stereocenters. The van der Waals surface area contributed by atoms with E-state index >= 15 is 0 Å². The average Bonchev–Trinajstić information content (AvgIpc) is 2.42. The molecule has 8 heteroatoms. The third-order valence-electron chi connectivity index (χ3n) is 2.32. The Bertz CT molecular complexity index is 464. The number of amides is 1.